The molecule has 0 radical (unpaired) electrons. The number of aliphatic carboxylic acids is 1. The van der Waals surface area contributed by atoms with E-state index < -0.39 is 5.97 Å². The maximum atomic E-state index is 10.0. The molecule has 0 aromatic heterocycles. The molecule has 0 fully saturated rings. The Hall–Kier alpha value is 1.36. The van der Waals surface area contributed by atoms with Crippen LogP contribution in [0.25, 0.3) is 0 Å². The Balaban J connectivity index is -0.000000405. The van der Waals surface area contributed by atoms with Crippen LogP contribution >= 0.6 is 0 Å². The van der Waals surface area contributed by atoms with Gasteiger partial charge in [-0.2, -0.15) is 0 Å². The summed E-state index contributed by atoms with van der Waals surface area (Å²) in [5.74, 6) is -0.701. The zero-order valence-corrected chi connectivity index (χ0v) is 11.4. The van der Waals surface area contributed by atoms with Crippen molar-refractivity contribution >= 4 is 5.97 Å². The monoisotopic (exact) mass is 219 g/mol. The number of nitrogens with two attached hydrogens (primary N) is 1. The van der Waals surface area contributed by atoms with Gasteiger partial charge in [-0.1, -0.05) is 12.8 Å². The molecule has 0 aliphatic heterocycles. The molecule has 68 valence electrons. The first-order chi connectivity index (χ1) is 4.77. The average Bonchev–Trinajstić information content (AvgIpc) is 1.87. The van der Waals surface area contributed by atoms with Crippen LogP contribution in [0.5, 0.6) is 0 Å². The van der Waals surface area contributed by atoms with E-state index in [0.717, 1.165) is 25.7 Å². The zero-order chi connectivity index (χ0) is 7.82. The van der Waals surface area contributed by atoms with Crippen LogP contribution in [0.2, 0.25) is 0 Å². The summed E-state index contributed by atoms with van der Waals surface area (Å²) in [6.07, 6.45) is 4.15. The molecule has 0 saturated heterocycles. The van der Waals surface area contributed by atoms with E-state index in [1.807, 2.05) is 0 Å². The Morgan fingerprint density at radius 1 is 1.17 bits per heavy atom. The molecule has 0 amide bonds. The van der Waals surface area contributed by atoms with E-state index in [2.05, 4.69) is 0 Å². The van der Waals surface area contributed by atoms with Crippen molar-refractivity contribution in [3.05, 3.63) is 0 Å². The molecule has 0 aliphatic carbocycles. The normalized spacial score (nSPS) is 8.08. The third-order valence-electron chi connectivity index (χ3n) is 1.34. The molecule has 0 atom stereocenters. The minimum absolute atomic E-state index is 0. The average molecular weight is 220 g/mol. The molecule has 0 bridgehead atoms. The van der Waals surface area contributed by atoms with Crippen molar-refractivity contribution in [2.24, 2.45) is 5.73 Å². The third-order valence-corrected chi connectivity index (χ3v) is 1.34. The quantitative estimate of drug-likeness (QED) is 0.348. The Morgan fingerprint density at radius 3 is 2.08 bits per heavy atom. The minimum Gasteiger partial charge on any atom is -1.00 e. The molecule has 0 rings (SSSR count). The van der Waals surface area contributed by atoms with E-state index in [4.69, 9.17) is 10.8 Å². The number of carbonyl (C=O) groups is 1. The number of unbranched alkanes of at least 4 members (excludes halogenated alkanes) is 3. The first kappa shape index (κ1) is 19.0. The van der Waals surface area contributed by atoms with Gasteiger partial charge in [0.1, 0.15) is 0 Å². The fourth-order valence-corrected chi connectivity index (χ4v) is 0.774. The maximum Gasteiger partial charge on any atom is 1.00 e. The van der Waals surface area contributed by atoms with Crippen LogP contribution in [-0.4, -0.2) is 17.6 Å². The molecule has 0 saturated carbocycles. The van der Waals surface area contributed by atoms with E-state index in [1.54, 1.807) is 0 Å². The van der Waals surface area contributed by atoms with E-state index in [0.29, 0.717) is 13.0 Å². The number of hydrogen-bond acceptors (Lipinski definition) is 2. The van der Waals surface area contributed by atoms with Gasteiger partial charge in [-0.25, -0.2) is 0 Å². The van der Waals surface area contributed by atoms with Gasteiger partial charge in [-0.05, 0) is 19.4 Å². The number of carboxylic acid groups (broad SMARTS) is 1. The van der Waals surface area contributed by atoms with Gasteiger partial charge < -0.3 is 23.2 Å². The molecule has 5 heteroatoms. The fraction of sp³-hybridized carbons (Fsp3) is 0.857. The number of carboxylic acids is 1. The van der Waals surface area contributed by atoms with Crippen LogP contribution in [0, 0.1) is 0 Å². The fourth-order valence-electron chi connectivity index (χ4n) is 0.774. The Morgan fingerprint density at radius 2 is 1.67 bits per heavy atom. The summed E-state index contributed by atoms with van der Waals surface area (Å²) in [5, 5.41) is 8.25. The summed E-state index contributed by atoms with van der Waals surface area (Å²) < 4.78 is 0. The van der Waals surface area contributed by atoms with Gasteiger partial charge in [0, 0.05) is 6.42 Å². The van der Waals surface area contributed by atoms with E-state index >= 15 is 0 Å². The second-order valence-electron chi connectivity index (χ2n) is 2.35. The predicted molar refractivity (Wildman–Crippen MR) is 39.8 cm³/mol. The summed E-state index contributed by atoms with van der Waals surface area (Å²) >= 11 is 0. The first-order valence-electron chi connectivity index (χ1n) is 3.69. The number of halogens is 1. The molecule has 0 spiro atoms. The minimum atomic E-state index is -0.701. The van der Waals surface area contributed by atoms with Gasteiger partial charge in [0.15, 0.2) is 0 Å². The Labute approximate surface area is 122 Å². The summed E-state index contributed by atoms with van der Waals surface area (Å²) in [4.78, 5) is 10.0. The largest absolute Gasteiger partial charge is 1.00 e. The van der Waals surface area contributed by atoms with Gasteiger partial charge in [0.25, 0.3) is 0 Å². The van der Waals surface area contributed by atoms with Crippen LogP contribution in [-0.2, 0) is 4.79 Å². The van der Waals surface area contributed by atoms with Crippen molar-refractivity contribution in [3.8, 4) is 0 Å². The van der Waals surface area contributed by atoms with Gasteiger partial charge in [-0.3, -0.25) is 4.79 Å². The van der Waals surface area contributed by atoms with Gasteiger partial charge in [0.2, 0.25) is 0 Å². The van der Waals surface area contributed by atoms with Gasteiger partial charge >= 0.3 is 57.4 Å². The van der Waals surface area contributed by atoms with Crippen molar-refractivity contribution in [2.45, 2.75) is 32.1 Å². The second-order valence-corrected chi connectivity index (χ2v) is 2.35. The van der Waals surface area contributed by atoms with E-state index in [1.165, 1.54) is 0 Å². The van der Waals surface area contributed by atoms with Crippen LogP contribution in [0.3, 0.4) is 0 Å². The molecule has 0 aromatic rings. The molecule has 12 heavy (non-hydrogen) atoms. The zero-order valence-electron chi connectivity index (χ0n) is 7.55. The summed E-state index contributed by atoms with van der Waals surface area (Å²) in [6, 6.07) is 0. The van der Waals surface area contributed by atoms with Gasteiger partial charge in [0.05, 0.1) is 0 Å². The SMILES string of the molecule is NCCCCCCC(=O)O.[Cl-].[K+]. The molecular weight excluding hydrogens is 205 g/mol. The molecule has 0 unspecified atom stereocenters. The molecule has 0 heterocycles. The van der Waals surface area contributed by atoms with Gasteiger partial charge in [-0.15, -0.1) is 0 Å². The number of rotatable bonds is 6. The van der Waals surface area contributed by atoms with Crippen molar-refractivity contribution in [1.82, 2.24) is 0 Å². The Bertz CT molecular complexity index is 103. The standard InChI is InChI=1S/C7H15NO2.ClH.K/c8-6-4-2-1-3-5-7(9)10;;/h1-6,8H2,(H,9,10);1H;/q;;+1/p-1. The van der Waals surface area contributed by atoms with E-state index in [9.17, 15) is 4.79 Å². The second kappa shape index (κ2) is 14.9. The topological polar surface area (TPSA) is 63.3 Å². The Kier molecular flexibility index (Phi) is 23.5. The summed E-state index contributed by atoms with van der Waals surface area (Å²) in [5.41, 5.74) is 5.25. The molecular formula is C7H15ClKNO2. The third kappa shape index (κ3) is 17.4. The summed E-state index contributed by atoms with van der Waals surface area (Å²) in [7, 11) is 0. The summed E-state index contributed by atoms with van der Waals surface area (Å²) in [6.45, 7) is 0.715. The number of hydrogen-bond donors (Lipinski definition) is 2. The first-order valence-corrected chi connectivity index (χ1v) is 3.69. The smallest absolute Gasteiger partial charge is 1.00 e. The van der Waals surface area contributed by atoms with Crippen LogP contribution in [0.4, 0.5) is 0 Å². The van der Waals surface area contributed by atoms with E-state index in [-0.39, 0.29) is 63.8 Å². The van der Waals surface area contributed by atoms with Crippen molar-refractivity contribution < 1.29 is 73.7 Å². The van der Waals surface area contributed by atoms with Crippen molar-refractivity contribution in [1.29, 1.82) is 0 Å². The van der Waals surface area contributed by atoms with Crippen LogP contribution in [0.15, 0.2) is 0 Å². The van der Waals surface area contributed by atoms with Crippen molar-refractivity contribution in [3.63, 3.8) is 0 Å². The predicted octanol–water partition coefficient (Wildman–Crippen LogP) is -5.01. The molecule has 3 nitrogen and oxygen atoms in total. The van der Waals surface area contributed by atoms with Crippen LogP contribution < -0.4 is 69.5 Å². The molecule has 0 aromatic carbocycles. The molecule has 0 aliphatic rings. The maximum absolute atomic E-state index is 10.0. The van der Waals surface area contributed by atoms with Crippen LogP contribution in [0.1, 0.15) is 32.1 Å². The molecule has 3 N–H and O–H groups in total. The van der Waals surface area contributed by atoms with Crippen molar-refractivity contribution in [2.75, 3.05) is 6.54 Å².